The highest BCUT2D eigenvalue weighted by Crippen LogP contribution is 2.19. The van der Waals surface area contributed by atoms with Crippen LogP contribution in [0, 0.1) is 0 Å². The number of nitrogens with zero attached hydrogens (tertiary/aromatic N) is 2. The van der Waals surface area contributed by atoms with Gasteiger partial charge < -0.3 is 15.4 Å². The Morgan fingerprint density at radius 1 is 1.60 bits per heavy atom. The third-order valence-electron chi connectivity index (χ3n) is 2.76. The van der Waals surface area contributed by atoms with Gasteiger partial charge in [0.05, 0.1) is 31.1 Å². The summed E-state index contributed by atoms with van der Waals surface area (Å²) in [6.07, 6.45) is 2.78. The molecule has 2 heterocycles. The number of pyridine rings is 1. The summed E-state index contributed by atoms with van der Waals surface area (Å²) in [5, 5.41) is 0. The molecule has 4 nitrogen and oxygen atoms in total. The van der Waals surface area contributed by atoms with E-state index in [0.717, 1.165) is 32.0 Å². The third-order valence-corrected chi connectivity index (χ3v) is 2.76. The van der Waals surface area contributed by atoms with Gasteiger partial charge in [-0.1, -0.05) is 6.92 Å². The van der Waals surface area contributed by atoms with Crippen LogP contribution in [0.5, 0.6) is 0 Å². The van der Waals surface area contributed by atoms with Gasteiger partial charge in [0.15, 0.2) is 0 Å². The largest absolute Gasteiger partial charge is 0.397 e. The molecule has 0 bridgehead atoms. The van der Waals surface area contributed by atoms with Crippen molar-refractivity contribution in [1.29, 1.82) is 0 Å². The van der Waals surface area contributed by atoms with Crippen molar-refractivity contribution in [2.24, 2.45) is 0 Å². The van der Waals surface area contributed by atoms with Gasteiger partial charge in [-0.2, -0.15) is 0 Å². The highest BCUT2D eigenvalue weighted by molar-refractivity contribution is 5.46. The Balaban J connectivity index is 2.16. The SMILES string of the molecule is CC[C@@H]1COCCN1c1ccc(N)cn1. The summed E-state index contributed by atoms with van der Waals surface area (Å²) >= 11 is 0. The fourth-order valence-corrected chi connectivity index (χ4v) is 1.86. The molecule has 82 valence electrons. The van der Waals surface area contributed by atoms with E-state index in [9.17, 15) is 0 Å². The van der Waals surface area contributed by atoms with Crippen molar-refractivity contribution >= 4 is 11.5 Å². The summed E-state index contributed by atoms with van der Waals surface area (Å²) in [6, 6.07) is 4.31. The molecule has 0 unspecified atom stereocenters. The van der Waals surface area contributed by atoms with Crippen molar-refractivity contribution in [3.63, 3.8) is 0 Å². The van der Waals surface area contributed by atoms with Gasteiger partial charge in [0.25, 0.3) is 0 Å². The van der Waals surface area contributed by atoms with E-state index in [1.165, 1.54) is 0 Å². The molecule has 4 heteroatoms. The maximum absolute atomic E-state index is 5.62. The second-order valence-corrected chi connectivity index (χ2v) is 3.78. The molecule has 2 N–H and O–H groups in total. The quantitative estimate of drug-likeness (QED) is 0.793. The van der Waals surface area contributed by atoms with E-state index in [4.69, 9.17) is 10.5 Å². The van der Waals surface area contributed by atoms with Gasteiger partial charge in [-0.25, -0.2) is 4.98 Å². The van der Waals surface area contributed by atoms with Crippen LogP contribution in [-0.4, -0.2) is 30.8 Å². The van der Waals surface area contributed by atoms with Gasteiger partial charge in [0.2, 0.25) is 0 Å². The number of morpholine rings is 1. The summed E-state index contributed by atoms with van der Waals surface area (Å²) in [7, 11) is 0. The molecule has 0 aromatic carbocycles. The number of nitrogens with two attached hydrogens (primary N) is 1. The van der Waals surface area contributed by atoms with E-state index >= 15 is 0 Å². The third kappa shape index (κ3) is 2.21. The Labute approximate surface area is 90.0 Å². The molecule has 0 spiro atoms. The predicted octanol–water partition coefficient (Wildman–Crippen LogP) is 1.28. The summed E-state index contributed by atoms with van der Waals surface area (Å²) in [5.41, 5.74) is 6.33. The molecule has 1 atom stereocenters. The monoisotopic (exact) mass is 207 g/mol. The zero-order valence-electron chi connectivity index (χ0n) is 9.02. The summed E-state index contributed by atoms with van der Waals surface area (Å²) < 4.78 is 5.45. The lowest BCUT2D eigenvalue weighted by Crippen LogP contribution is -2.45. The van der Waals surface area contributed by atoms with Crippen LogP contribution in [0.3, 0.4) is 0 Å². The lowest BCUT2D eigenvalue weighted by Gasteiger charge is -2.35. The van der Waals surface area contributed by atoms with Crippen LogP contribution < -0.4 is 10.6 Å². The summed E-state index contributed by atoms with van der Waals surface area (Å²) in [5.74, 6) is 0.999. The fraction of sp³-hybridized carbons (Fsp3) is 0.545. The second kappa shape index (κ2) is 4.49. The molecule has 1 fully saturated rings. The van der Waals surface area contributed by atoms with Crippen molar-refractivity contribution in [3.05, 3.63) is 18.3 Å². The molecule has 1 aliphatic rings. The van der Waals surface area contributed by atoms with E-state index in [1.54, 1.807) is 6.20 Å². The molecule has 1 aromatic heterocycles. The van der Waals surface area contributed by atoms with E-state index in [1.807, 2.05) is 12.1 Å². The van der Waals surface area contributed by atoms with Gasteiger partial charge in [0, 0.05) is 6.54 Å². The topological polar surface area (TPSA) is 51.4 Å². The number of hydrogen-bond donors (Lipinski definition) is 1. The maximum Gasteiger partial charge on any atom is 0.129 e. The molecule has 0 aliphatic carbocycles. The average Bonchev–Trinajstić information content (AvgIpc) is 2.30. The highest BCUT2D eigenvalue weighted by atomic mass is 16.5. The van der Waals surface area contributed by atoms with Crippen molar-refractivity contribution in [3.8, 4) is 0 Å². The van der Waals surface area contributed by atoms with Gasteiger partial charge in [-0.05, 0) is 18.6 Å². The molecular formula is C11H17N3O. The maximum atomic E-state index is 5.62. The zero-order valence-corrected chi connectivity index (χ0v) is 9.02. The molecule has 15 heavy (non-hydrogen) atoms. The van der Waals surface area contributed by atoms with Crippen LogP contribution in [0.4, 0.5) is 11.5 Å². The van der Waals surface area contributed by atoms with Gasteiger partial charge in [-0.15, -0.1) is 0 Å². The van der Waals surface area contributed by atoms with E-state index < -0.39 is 0 Å². The summed E-state index contributed by atoms with van der Waals surface area (Å²) in [6.45, 7) is 4.66. The Bertz CT molecular complexity index is 312. The first-order valence-corrected chi connectivity index (χ1v) is 5.37. The Morgan fingerprint density at radius 2 is 2.47 bits per heavy atom. The number of rotatable bonds is 2. The smallest absolute Gasteiger partial charge is 0.129 e. The number of nitrogen functional groups attached to an aromatic ring is 1. The molecule has 1 aromatic rings. The minimum atomic E-state index is 0.440. The Hall–Kier alpha value is -1.29. The van der Waals surface area contributed by atoms with Crippen molar-refractivity contribution in [1.82, 2.24) is 4.98 Å². The van der Waals surface area contributed by atoms with E-state index in [-0.39, 0.29) is 0 Å². The van der Waals surface area contributed by atoms with Gasteiger partial charge in [0.1, 0.15) is 5.82 Å². The standard InChI is InChI=1S/C11H17N3O/c1-2-10-8-15-6-5-14(10)11-4-3-9(12)7-13-11/h3-4,7,10H,2,5-6,8,12H2,1H3/t10-/m1/s1. The number of aromatic nitrogens is 1. The van der Waals surface area contributed by atoms with E-state index in [2.05, 4.69) is 16.8 Å². The minimum Gasteiger partial charge on any atom is -0.397 e. The normalized spacial score (nSPS) is 21.7. The first-order valence-electron chi connectivity index (χ1n) is 5.37. The van der Waals surface area contributed by atoms with Crippen LogP contribution in [0.1, 0.15) is 13.3 Å². The molecule has 1 saturated heterocycles. The van der Waals surface area contributed by atoms with Crippen molar-refractivity contribution in [2.75, 3.05) is 30.4 Å². The Kier molecular flexibility index (Phi) is 3.06. The number of anilines is 2. The van der Waals surface area contributed by atoms with E-state index in [0.29, 0.717) is 11.7 Å². The second-order valence-electron chi connectivity index (χ2n) is 3.78. The number of hydrogen-bond acceptors (Lipinski definition) is 4. The summed E-state index contributed by atoms with van der Waals surface area (Å²) in [4.78, 5) is 6.64. The van der Waals surface area contributed by atoms with Crippen LogP contribution in [0.15, 0.2) is 18.3 Å². The molecule has 2 rings (SSSR count). The van der Waals surface area contributed by atoms with Crippen molar-refractivity contribution in [2.45, 2.75) is 19.4 Å². The van der Waals surface area contributed by atoms with Gasteiger partial charge in [-0.3, -0.25) is 0 Å². The first kappa shape index (κ1) is 10.2. The fourth-order valence-electron chi connectivity index (χ4n) is 1.86. The van der Waals surface area contributed by atoms with Crippen LogP contribution in [0.2, 0.25) is 0 Å². The Morgan fingerprint density at radius 3 is 3.13 bits per heavy atom. The minimum absolute atomic E-state index is 0.440. The molecular weight excluding hydrogens is 190 g/mol. The lowest BCUT2D eigenvalue weighted by atomic mass is 10.2. The molecule has 1 aliphatic heterocycles. The molecule has 0 saturated carbocycles. The number of ether oxygens (including phenoxy) is 1. The average molecular weight is 207 g/mol. The van der Waals surface area contributed by atoms with Crippen LogP contribution >= 0.6 is 0 Å². The lowest BCUT2D eigenvalue weighted by molar-refractivity contribution is 0.0926. The van der Waals surface area contributed by atoms with Gasteiger partial charge >= 0.3 is 0 Å². The van der Waals surface area contributed by atoms with Crippen molar-refractivity contribution < 1.29 is 4.74 Å². The van der Waals surface area contributed by atoms with Crippen LogP contribution in [-0.2, 0) is 4.74 Å². The molecule has 0 amide bonds. The first-order chi connectivity index (χ1) is 7.31. The molecule has 0 radical (unpaired) electrons. The zero-order chi connectivity index (χ0) is 10.7. The predicted molar refractivity (Wildman–Crippen MR) is 60.9 cm³/mol. The highest BCUT2D eigenvalue weighted by Gasteiger charge is 2.22. The van der Waals surface area contributed by atoms with Crippen LogP contribution in [0.25, 0.3) is 0 Å².